The van der Waals surface area contributed by atoms with Gasteiger partial charge in [-0.25, -0.2) is 0 Å². The first kappa shape index (κ1) is 24.9. The lowest BCUT2D eigenvalue weighted by atomic mass is 10.2. The summed E-state index contributed by atoms with van der Waals surface area (Å²) in [4.78, 5) is 32.1. The summed E-state index contributed by atoms with van der Waals surface area (Å²) in [5.74, 6) is 1.09. The SMILES string of the molecule is CC(C)N1CCN(C(=O)CCc2nnc(-c3ccc(OCc4ccccc4Cl)cc3)[nH]c2=O)CC1. The normalized spacial score (nSPS) is 14.3. The van der Waals surface area contributed by atoms with E-state index in [1.54, 1.807) is 12.1 Å². The molecule has 2 aromatic carbocycles. The molecule has 1 amide bonds. The van der Waals surface area contributed by atoms with Crippen LogP contribution in [0.3, 0.4) is 0 Å². The van der Waals surface area contributed by atoms with Gasteiger partial charge < -0.3 is 14.6 Å². The Morgan fingerprint density at radius 3 is 2.43 bits per heavy atom. The van der Waals surface area contributed by atoms with E-state index in [1.165, 1.54) is 0 Å². The number of aromatic amines is 1. The summed E-state index contributed by atoms with van der Waals surface area (Å²) in [5, 5.41) is 8.93. The van der Waals surface area contributed by atoms with E-state index in [9.17, 15) is 9.59 Å². The van der Waals surface area contributed by atoms with E-state index in [1.807, 2.05) is 41.3 Å². The Balaban J connectivity index is 1.31. The zero-order chi connectivity index (χ0) is 24.8. The fourth-order valence-electron chi connectivity index (χ4n) is 4.01. The van der Waals surface area contributed by atoms with Crippen molar-refractivity contribution in [2.24, 2.45) is 0 Å². The summed E-state index contributed by atoms with van der Waals surface area (Å²) in [6.07, 6.45) is 0.511. The summed E-state index contributed by atoms with van der Waals surface area (Å²) in [6, 6.07) is 15.2. The van der Waals surface area contributed by atoms with Gasteiger partial charge in [0.25, 0.3) is 5.56 Å². The van der Waals surface area contributed by atoms with Gasteiger partial charge in [-0.2, -0.15) is 0 Å². The molecular formula is C26H30ClN5O3. The number of nitrogens with one attached hydrogen (secondary N) is 1. The molecule has 0 bridgehead atoms. The largest absolute Gasteiger partial charge is 0.489 e. The maximum Gasteiger partial charge on any atom is 0.273 e. The van der Waals surface area contributed by atoms with Crippen LogP contribution in [-0.2, 0) is 17.8 Å². The highest BCUT2D eigenvalue weighted by atomic mass is 35.5. The highest BCUT2D eigenvalue weighted by Crippen LogP contribution is 2.21. The maximum absolute atomic E-state index is 12.6. The van der Waals surface area contributed by atoms with Crippen LogP contribution in [0.25, 0.3) is 11.4 Å². The van der Waals surface area contributed by atoms with Crippen LogP contribution >= 0.6 is 11.6 Å². The zero-order valence-electron chi connectivity index (χ0n) is 20.0. The van der Waals surface area contributed by atoms with Crippen molar-refractivity contribution >= 4 is 17.5 Å². The molecule has 0 saturated carbocycles. The van der Waals surface area contributed by atoms with Crippen molar-refractivity contribution in [3.8, 4) is 17.1 Å². The van der Waals surface area contributed by atoms with Crippen molar-refractivity contribution in [3.05, 3.63) is 75.2 Å². The third kappa shape index (κ3) is 6.46. The molecule has 184 valence electrons. The van der Waals surface area contributed by atoms with Crippen LogP contribution in [0.2, 0.25) is 5.02 Å². The minimum atomic E-state index is -0.327. The highest BCUT2D eigenvalue weighted by Gasteiger charge is 2.22. The lowest BCUT2D eigenvalue weighted by Crippen LogP contribution is -2.50. The van der Waals surface area contributed by atoms with Crippen LogP contribution in [0.15, 0.2) is 53.3 Å². The second kappa shape index (κ2) is 11.5. The number of piperazine rings is 1. The third-order valence-corrected chi connectivity index (χ3v) is 6.59. The first-order valence-corrected chi connectivity index (χ1v) is 12.2. The number of amides is 1. The average molecular weight is 496 g/mol. The minimum absolute atomic E-state index is 0.0473. The fraction of sp³-hybridized carbons (Fsp3) is 0.385. The van der Waals surface area contributed by atoms with E-state index in [2.05, 4.69) is 33.9 Å². The Morgan fingerprint density at radius 2 is 1.77 bits per heavy atom. The van der Waals surface area contributed by atoms with Crippen molar-refractivity contribution in [2.45, 2.75) is 39.3 Å². The number of ether oxygens (including phenoxy) is 1. The lowest BCUT2D eigenvalue weighted by molar-refractivity contribution is -0.133. The molecule has 0 unspecified atom stereocenters. The molecule has 3 aromatic rings. The standard InChI is InChI=1S/C26H30ClN5O3/c1-18(2)31-13-15-32(16-14-31)24(33)12-11-23-26(34)28-25(30-29-23)19-7-9-21(10-8-19)35-17-20-5-3-4-6-22(20)27/h3-10,18H,11-17H2,1-2H3,(H,28,30,34). The van der Waals surface area contributed by atoms with Gasteiger partial charge in [0, 0.05) is 61.2 Å². The number of aromatic nitrogens is 3. The Kier molecular flexibility index (Phi) is 8.15. The minimum Gasteiger partial charge on any atom is -0.489 e. The molecule has 1 aliphatic heterocycles. The second-order valence-corrected chi connectivity index (χ2v) is 9.27. The Morgan fingerprint density at radius 1 is 1.06 bits per heavy atom. The van der Waals surface area contributed by atoms with Crippen LogP contribution < -0.4 is 10.3 Å². The molecule has 1 N–H and O–H groups in total. The maximum atomic E-state index is 12.6. The molecule has 35 heavy (non-hydrogen) atoms. The van der Waals surface area contributed by atoms with E-state index in [-0.39, 0.29) is 30.0 Å². The molecule has 0 radical (unpaired) electrons. The molecule has 8 nitrogen and oxygen atoms in total. The van der Waals surface area contributed by atoms with Gasteiger partial charge in [-0.1, -0.05) is 29.8 Å². The molecule has 9 heteroatoms. The van der Waals surface area contributed by atoms with Crippen molar-refractivity contribution < 1.29 is 9.53 Å². The van der Waals surface area contributed by atoms with Crippen LogP contribution in [0.1, 0.15) is 31.5 Å². The van der Waals surface area contributed by atoms with E-state index in [0.717, 1.165) is 31.7 Å². The van der Waals surface area contributed by atoms with Crippen molar-refractivity contribution in [2.75, 3.05) is 26.2 Å². The van der Waals surface area contributed by atoms with E-state index in [4.69, 9.17) is 16.3 Å². The fourth-order valence-corrected chi connectivity index (χ4v) is 4.20. The number of hydrogen-bond donors (Lipinski definition) is 1. The number of benzene rings is 2. The van der Waals surface area contributed by atoms with E-state index < -0.39 is 0 Å². The van der Waals surface area contributed by atoms with Crippen LogP contribution in [0, 0.1) is 0 Å². The summed E-state index contributed by atoms with van der Waals surface area (Å²) < 4.78 is 5.80. The van der Waals surface area contributed by atoms with Gasteiger partial charge in [-0.05, 0) is 44.2 Å². The van der Waals surface area contributed by atoms with E-state index in [0.29, 0.717) is 34.8 Å². The van der Waals surface area contributed by atoms with Crippen LogP contribution in [0.5, 0.6) is 5.75 Å². The van der Waals surface area contributed by atoms with Crippen molar-refractivity contribution in [3.63, 3.8) is 0 Å². The highest BCUT2D eigenvalue weighted by molar-refractivity contribution is 6.31. The lowest BCUT2D eigenvalue weighted by Gasteiger charge is -2.37. The molecule has 0 aliphatic carbocycles. The number of rotatable bonds is 8. The summed E-state index contributed by atoms with van der Waals surface area (Å²) in [6.45, 7) is 7.88. The number of carbonyl (C=O) groups is 1. The van der Waals surface area contributed by atoms with Crippen LogP contribution in [0.4, 0.5) is 0 Å². The van der Waals surface area contributed by atoms with Gasteiger partial charge in [-0.3, -0.25) is 14.5 Å². The quantitative estimate of drug-likeness (QED) is 0.514. The molecule has 0 atom stereocenters. The number of aryl methyl sites for hydroxylation is 1. The zero-order valence-corrected chi connectivity index (χ0v) is 20.8. The third-order valence-electron chi connectivity index (χ3n) is 6.22. The predicted molar refractivity (Wildman–Crippen MR) is 135 cm³/mol. The van der Waals surface area contributed by atoms with E-state index >= 15 is 0 Å². The molecular weight excluding hydrogens is 466 g/mol. The molecule has 2 heterocycles. The number of H-pyrrole nitrogens is 1. The number of carbonyl (C=O) groups excluding carboxylic acids is 1. The molecule has 0 spiro atoms. The molecule has 4 rings (SSSR count). The van der Waals surface area contributed by atoms with Gasteiger partial charge in [0.05, 0.1) is 0 Å². The number of hydrogen-bond acceptors (Lipinski definition) is 6. The van der Waals surface area contributed by atoms with Gasteiger partial charge in [0.2, 0.25) is 5.91 Å². The number of nitrogens with zero attached hydrogens (tertiary/aromatic N) is 4. The van der Waals surface area contributed by atoms with Gasteiger partial charge in [0.1, 0.15) is 18.1 Å². The van der Waals surface area contributed by atoms with Crippen LogP contribution in [-0.4, -0.2) is 63.1 Å². The molecule has 1 aromatic heterocycles. The van der Waals surface area contributed by atoms with Crippen molar-refractivity contribution in [1.82, 2.24) is 25.0 Å². The topological polar surface area (TPSA) is 91.4 Å². The Hall–Kier alpha value is -3.23. The van der Waals surface area contributed by atoms with Gasteiger partial charge in [-0.15, -0.1) is 10.2 Å². The van der Waals surface area contributed by atoms with Gasteiger partial charge >= 0.3 is 0 Å². The molecule has 1 saturated heterocycles. The first-order chi connectivity index (χ1) is 16.9. The molecule has 1 fully saturated rings. The summed E-state index contributed by atoms with van der Waals surface area (Å²) in [7, 11) is 0. The molecule has 1 aliphatic rings. The summed E-state index contributed by atoms with van der Waals surface area (Å²) >= 11 is 6.17. The van der Waals surface area contributed by atoms with Gasteiger partial charge in [0.15, 0.2) is 5.82 Å². The first-order valence-electron chi connectivity index (χ1n) is 11.8. The average Bonchev–Trinajstić information content (AvgIpc) is 2.87. The smallest absolute Gasteiger partial charge is 0.273 e. The summed E-state index contributed by atoms with van der Waals surface area (Å²) in [5.41, 5.74) is 1.56. The Labute approximate surface area is 209 Å². The monoisotopic (exact) mass is 495 g/mol. The number of halogens is 1. The second-order valence-electron chi connectivity index (χ2n) is 8.86. The van der Waals surface area contributed by atoms with Crippen molar-refractivity contribution in [1.29, 1.82) is 0 Å². The predicted octanol–water partition coefficient (Wildman–Crippen LogP) is 3.55. The Bertz CT molecular complexity index is 1200.